The van der Waals surface area contributed by atoms with Crippen LogP contribution in [-0.2, 0) is 4.74 Å². The van der Waals surface area contributed by atoms with Crippen LogP contribution in [-0.4, -0.2) is 26.3 Å². The van der Waals surface area contributed by atoms with E-state index < -0.39 is 0 Å². The first-order chi connectivity index (χ1) is 6.70. The van der Waals surface area contributed by atoms with Gasteiger partial charge in [0.25, 0.3) is 0 Å². The van der Waals surface area contributed by atoms with Crippen molar-refractivity contribution in [1.29, 1.82) is 0 Å². The molecule has 2 unspecified atom stereocenters. The minimum absolute atomic E-state index is 0.432. The second-order valence-electron chi connectivity index (χ2n) is 4.86. The third kappa shape index (κ3) is 3.58. The summed E-state index contributed by atoms with van der Waals surface area (Å²) in [6, 6.07) is 0.735. The highest BCUT2D eigenvalue weighted by atomic mass is 16.5. The summed E-state index contributed by atoms with van der Waals surface area (Å²) in [6.07, 6.45) is 6.61. The van der Waals surface area contributed by atoms with Crippen LogP contribution < -0.4 is 5.32 Å². The summed E-state index contributed by atoms with van der Waals surface area (Å²) in [5.41, 5.74) is 0.432. The van der Waals surface area contributed by atoms with Crippen molar-refractivity contribution < 1.29 is 4.74 Å². The maximum absolute atomic E-state index is 5.58. The third-order valence-corrected chi connectivity index (χ3v) is 3.49. The molecule has 1 aliphatic rings. The Kier molecular flexibility index (Phi) is 4.90. The summed E-state index contributed by atoms with van der Waals surface area (Å²) in [4.78, 5) is 0. The van der Waals surface area contributed by atoms with Crippen LogP contribution in [0.15, 0.2) is 0 Å². The molecular formula is C12H25NO. The van der Waals surface area contributed by atoms with E-state index >= 15 is 0 Å². The van der Waals surface area contributed by atoms with Crippen LogP contribution in [0.25, 0.3) is 0 Å². The summed E-state index contributed by atoms with van der Waals surface area (Å²) in [6.45, 7) is 6.25. The highest BCUT2D eigenvalue weighted by Crippen LogP contribution is 2.34. The Bertz CT molecular complexity index is 160. The molecule has 1 rings (SSSR count). The molecule has 1 fully saturated rings. The van der Waals surface area contributed by atoms with Crippen molar-refractivity contribution in [2.24, 2.45) is 5.41 Å². The minimum atomic E-state index is 0.432. The molecule has 0 aromatic rings. The number of hydrogen-bond donors (Lipinski definition) is 1. The predicted molar refractivity (Wildman–Crippen MR) is 60.5 cm³/mol. The smallest absolute Gasteiger partial charge is 0.0519 e. The van der Waals surface area contributed by atoms with E-state index in [-0.39, 0.29) is 0 Å². The molecule has 2 atom stereocenters. The number of ether oxygens (including phenoxy) is 1. The van der Waals surface area contributed by atoms with Crippen molar-refractivity contribution in [2.45, 2.75) is 52.0 Å². The highest BCUT2D eigenvalue weighted by molar-refractivity contribution is 4.81. The molecule has 1 N–H and O–H groups in total. The van der Waals surface area contributed by atoms with E-state index in [1.54, 1.807) is 0 Å². The second-order valence-corrected chi connectivity index (χ2v) is 4.86. The van der Waals surface area contributed by atoms with Crippen LogP contribution in [0.4, 0.5) is 0 Å². The average Bonchev–Trinajstić information content (AvgIpc) is 2.38. The van der Waals surface area contributed by atoms with Crippen molar-refractivity contribution in [3.63, 3.8) is 0 Å². The van der Waals surface area contributed by atoms with Crippen molar-refractivity contribution in [3.8, 4) is 0 Å². The van der Waals surface area contributed by atoms with Crippen molar-refractivity contribution in [2.75, 3.05) is 20.3 Å². The monoisotopic (exact) mass is 199 g/mol. The molecule has 0 saturated heterocycles. The van der Waals surface area contributed by atoms with Gasteiger partial charge in [0, 0.05) is 12.6 Å². The van der Waals surface area contributed by atoms with Gasteiger partial charge in [0.05, 0.1) is 6.61 Å². The molecule has 0 heterocycles. The van der Waals surface area contributed by atoms with Gasteiger partial charge in [-0.1, -0.05) is 13.3 Å². The highest BCUT2D eigenvalue weighted by Gasteiger charge is 2.28. The molecule has 14 heavy (non-hydrogen) atoms. The quantitative estimate of drug-likeness (QED) is 0.703. The summed E-state index contributed by atoms with van der Waals surface area (Å²) >= 11 is 0. The van der Waals surface area contributed by atoms with E-state index in [4.69, 9.17) is 4.74 Å². The number of hydrogen-bond acceptors (Lipinski definition) is 2. The Labute approximate surface area is 88.4 Å². The maximum Gasteiger partial charge on any atom is 0.0519 e. The average molecular weight is 199 g/mol. The fourth-order valence-corrected chi connectivity index (χ4v) is 2.35. The molecule has 84 valence electrons. The van der Waals surface area contributed by atoms with Crippen LogP contribution >= 0.6 is 0 Å². The molecule has 2 heteroatoms. The van der Waals surface area contributed by atoms with Gasteiger partial charge in [-0.15, -0.1) is 0 Å². The largest absolute Gasteiger partial charge is 0.381 e. The van der Waals surface area contributed by atoms with E-state index in [1.165, 1.54) is 32.1 Å². The lowest BCUT2D eigenvalue weighted by atomic mass is 9.83. The van der Waals surface area contributed by atoms with Gasteiger partial charge < -0.3 is 10.1 Å². The zero-order valence-corrected chi connectivity index (χ0v) is 9.94. The molecule has 1 aliphatic carbocycles. The molecule has 0 aromatic carbocycles. The third-order valence-electron chi connectivity index (χ3n) is 3.49. The van der Waals surface area contributed by atoms with Crippen molar-refractivity contribution in [1.82, 2.24) is 5.32 Å². The minimum Gasteiger partial charge on any atom is -0.381 e. The van der Waals surface area contributed by atoms with Gasteiger partial charge in [-0.05, 0) is 45.1 Å². The molecule has 0 aliphatic heterocycles. The molecular weight excluding hydrogens is 174 g/mol. The first-order valence-electron chi connectivity index (χ1n) is 5.95. The zero-order chi connectivity index (χ0) is 10.4. The summed E-state index contributed by atoms with van der Waals surface area (Å²) in [5.74, 6) is 0. The molecule has 1 saturated carbocycles. The normalized spacial score (nSPS) is 34.1. The molecule has 2 nitrogen and oxygen atoms in total. The SMILES string of the molecule is CCOCC1(C)CCCC(NC)CC1. The molecule has 0 bridgehead atoms. The van der Waals surface area contributed by atoms with Crippen LogP contribution in [0.2, 0.25) is 0 Å². The van der Waals surface area contributed by atoms with E-state index in [1.807, 2.05) is 0 Å². The van der Waals surface area contributed by atoms with Crippen molar-refractivity contribution >= 4 is 0 Å². The summed E-state index contributed by atoms with van der Waals surface area (Å²) in [7, 11) is 2.08. The van der Waals surface area contributed by atoms with E-state index in [0.717, 1.165) is 19.3 Å². The Hall–Kier alpha value is -0.0800. The van der Waals surface area contributed by atoms with Crippen LogP contribution in [0, 0.1) is 5.41 Å². The lowest BCUT2D eigenvalue weighted by Crippen LogP contribution is -2.26. The Morgan fingerprint density at radius 3 is 2.79 bits per heavy atom. The van der Waals surface area contributed by atoms with E-state index in [0.29, 0.717) is 5.41 Å². The van der Waals surface area contributed by atoms with Gasteiger partial charge in [-0.3, -0.25) is 0 Å². The van der Waals surface area contributed by atoms with E-state index in [2.05, 4.69) is 26.2 Å². The molecule has 0 amide bonds. The molecule has 0 aromatic heterocycles. The Morgan fingerprint density at radius 1 is 1.36 bits per heavy atom. The Morgan fingerprint density at radius 2 is 2.14 bits per heavy atom. The summed E-state index contributed by atoms with van der Waals surface area (Å²) < 4.78 is 5.58. The van der Waals surface area contributed by atoms with Gasteiger partial charge in [-0.25, -0.2) is 0 Å². The molecule has 0 radical (unpaired) electrons. The topological polar surface area (TPSA) is 21.3 Å². The van der Waals surface area contributed by atoms with Crippen LogP contribution in [0.5, 0.6) is 0 Å². The first kappa shape index (κ1) is 12.0. The van der Waals surface area contributed by atoms with Gasteiger partial charge in [0.2, 0.25) is 0 Å². The summed E-state index contributed by atoms with van der Waals surface area (Å²) in [5, 5.41) is 3.40. The maximum atomic E-state index is 5.58. The standard InChI is InChI=1S/C12H25NO/c1-4-14-10-12(2)8-5-6-11(13-3)7-9-12/h11,13H,4-10H2,1-3H3. The van der Waals surface area contributed by atoms with Gasteiger partial charge >= 0.3 is 0 Å². The number of rotatable bonds is 4. The van der Waals surface area contributed by atoms with E-state index in [9.17, 15) is 0 Å². The van der Waals surface area contributed by atoms with Crippen molar-refractivity contribution in [3.05, 3.63) is 0 Å². The predicted octanol–water partition coefficient (Wildman–Crippen LogP) is 2.58. The van der Waals surface area contributed by atoms with Crippen LogP contribution in [0.1, 0.15) is 46.0 Å². The Balaban J connectivity index is 2.38. The second kappa shape index (κ2) is 5.72. The number of nitrogens with one attached hydrogen (secondary N) is 1. The van der Waals surface area contributed by atoms with Gasteiger partial charge in [0.1, 0.15) is 0 Å². The van der Waals surface area contributed by atoms with Gasteiger partial charge in [0.15, 0.2) is 0 Å². The fraction of sp³-hybridized carbons (Fsp3) is 1.00. The fourth-order valence-electron chi connectivity index (χ4n) is 2.35. The van der Waals surface area contributed by atoms with Crippen LogP contribution in [0.3, 0.4) is 0 Å². The first-order valence-corrected chi connectivity index (χ1v) is 5.95. The lowest BCUT2D eigenvalue weighted by Gasteiger charge is -2.27. The molecule has 0 spiro atoms. The lowest BCUT2D eigenvalue weighted by molar-refractivity contribution is 0.0512. The van der Waals surface area contributed by atoms with Gasteiger partial charge in [-0.2, -0.15) is 0 Å². The zero-order valence-electron chi connectivity index (χ0n) is 9.94.